The lowest BCUT2D eigenvalue weighted by Gasteiger charge is -2.10. The topological polar surface area (TPSA) is 58.0 Å². The maximum Gasteiger partial charge on any atom is 0.156 e. The van der Waals surface area contributed by atoms with Crippen molar-refractivity contribution < 1.29 is 5.11 Å². The lowest BCUT2D eigenvalue weighted by atomic mass is 10.1. The predicted molar refractivity (Wildman–Crippen MR) is 67.2 cm³/mol. The van der Waals surface area contributed by atoms with E-state index < -0.39 is 0 Å². The zero-order chi connectivity index (χ0) is 12.3. The minimum Gasteiger partial charge on any atom is -0.388 e. The molecule has 1 aromatic carbocycles. The third-order valence-electron chi connectivity index (χ3n) is 2.71. The van der Waals surface area contributed by atoms with Crippen molar-refractivity contribution >= 4 is 11.5 Å². The number of rotatable bonds is 3. The van der Waals surface area contributed by atoms with E-state index in [1.165, 1.54) is 11.1 Å². The van der Waals surface area contributed by atoms with Crippen molar-refractivity contribution in [3.05, 3.63) is 47.4 Å². The van der Waals surface area contributed by atoms with Crippen molar-refractivity contribution in [2.75, 3.05) is 5.32 Å². The van der Waals surface area contributed by atoms with Crippen LogP contribution in [0.25, 0.3) is 0 Å². The van der Waals surface area contributed by atoms with Crippen LogP contribution in [-0.4, -0.2) is 15.1 Å². The highest BCUT2D eigenvalue weighted by atomic mass is 16.3. The van der Waals surface area contributed by atoms with Crippen LogP contribution in [0.2, 0.25) is 0 Å². The van der Waals surface area contributed by atoms with Crippen LogP contribution in [0.1, 0.15) is 17.0 Å². The fourth-order valence-corrected chi connectivity index (χ4v) is 1.57. The zero-order valence-corrected chi connectivity index (χ0v) is 9.94. The highest BCUT2D eigenvalue weighted by molar-refractivity contribution is 5.61. The molecule has 0 aliphatic carbocycles. The SMILES string of the molecule is Cc1cccc(Nc2ccnc(CO)n2)c1C. The first-order valence-corrected chi connectivity index (χ1v) is 5.46. The van der Waals surface area contributed by atoms with Gasteiger partial charge >= 0.3 is 0 Å². The van der Waals surface area contributed by atoms with Crippen LogP contribution in [0.5, 0.6) is 0 Å². The van der Waals surface area contributed by atoms with E-state index in [4.69, 9.17) is 5.11 Å². The van der Waals surface area contributed by atoms with Crippen LogP contribution in [0.4, 0.5) is 11.5 Å². The molecule has 2 aromatic rings. The van der Waals surface area contributed by atoms with Gasteiger partial charge in [-0.2, -0.15) is 0 Å². The Kier molecular flexibility index (Phi) is 3.35. The first-order chi connectivity index (χ1) is 8.20. The summed E-state index contributed by atoms with van der Waals surface area (Å²) >= 11 is 0. The van der Waals surface area contributed by atoms with Crippen LogP contribution >= 0.6 is 0 Å². The fourth-order valence-electron chi connectivity index (χ4n) is 1.57. The quantitative estimate of drug-likeness (QED) is 0.848. The average Bonchev–Trinajstić information content (AvgIpc) is 2.35. The second kappa shape index (κ2) is 4.93. The number of aromatic nitrogens is 2. The van der Waals surface area contributed by atoms with E-state index in [2.05, 4.69) is 35.2 Å². The smallest absolute Gasteiger partial charge is 0.156 e. The molecule has 4 nitrogen and oxygen atoms in total. The van der Waals surface area contributed by atoms with E-state index in [9.17, 15) is 0 Å². The largest absolute Gasteiger partial charge is 0.388 e. The summed E-state index contributed by atoms with van der Waals surface area (Å²) in [6.07, 6.45) is 1.63. The number of benzene rings is 1. The molecule has 0 unspecified atom stereocenters. The first kappa shape index (κ1) is 11.5. The molecule has 0 saturated carbocycles. The van der Waals surface area contributed by atoms with Crippen LogP contribution in [0, 0.1) is 13.8 Å². The van der Waals surface area contributed by atoms with Gasteiger partial charge in [-0.25, -0.2) is 9.97 Å². The summed E-state index contributed by atoms with van der Waals surface area (Å²) in [4.78, 5) is 8.12. The van der Waals surface area contributed by atoms with Gasteiger partial charge in [-0.1, -0.05) is 12.1 Å². The van der Waals surface area contributed by atoms with Gasteiger partial charge in [0.05, 0.1) is 0 Å². The number of hydrogen-bond donors (Lipinski definition) is 2. The van der Waals surface area contributed by atoms with Crippen LogP contribution in [0.3, 0.4) is 0 Å². The summed E-state index contributed by atoms with van der Waals surface area (Å²) in [5.74, 6) is 1.11. The predicted octanol–water partition coefficient (Wildman–Crippen LogP) is 2.33. The maximum absolute atomic E-state index is 8.97. The Morgan fingerprint density at radius 1 is 1.24 bits per heavy atom. The number of nitrogens with zero attached hydrogens (tertiary/aromatic N) is 2. The van der Waals surface area contributed by atoms with Crippen molar-refractivity contribution in [1.82, 2.24) is 9.97 Å². The molecule has 0 bridgehead atoms. The minimum atomic E-state index is -0.150. The van der Waals surface area contributed by atoms with E-state index in [-0.39, 0.29) is 6.61 Å². The molecule has 2 rings (SSSR count). The van der Waals surface area contributed by atoms with E-state index in [1.54, 1.807) is 12.3 Å². The molecule has 0 saturated heterocycles. The molecule has 0 spiro atoms. The Hall–Kier alpha value is -1.94. The average molecular weight is 229 g/mol. The molecule has 2 N–H and O–H groups in total. The van der Waals surface area contributed by atoms with E-state index >= 15 is 0 Å². The third-order valence-corrected chi connectivity index (χ3v) is 2.71. The van der Waals surface area contributed by atoms with Gasteiger partial charge in [0.2, 0.25) is 0 Å². The highest BCUT2D eigenvalue weighted by Crippen LogP contribution is 2.21. The molecule has 0 aliphatic heterocycles. The van der Waals surface area contributed by atoms with Crippen LogP contribution < -0.4 is 5.32 Å². The van der Waals surface area contributed by atoms with E-state index in [0.717, 1.165) is 5.69 Å². The van der Waals surface area contributed by atoms with Gasteiger partial charge < -0.3 is 10.4 Å². The number of aryl methyl sites for hydroxylation is 1. The van der Waals surface area contributed by atoms with Crippen molar-refractivity contribution in [3.63, 3.8) is 0 Å². The zero-order valence-electron chi connectivity index (χ0n) is 9.94. The second-order valence-electron chi connectivity index (χ2n) is 3.89. The Morgan fingerprint density at radius 2 is 2.06 bits per heavy atom. The summed E-state index contributed by atoms with van der Waals surface area (Å²) in [5.41, 5.74) is 3.44. The second-order valence-corrected chi connectivity index (χ2v) is 3.89. The highest BCUT2D eigenvalue weighted by Gasteiger charge is 2.02. The molecule has 0 fully saturated rings. The Bertz CT molecular complexity index is 526. The Morgan fingerprint density at radius 3 is 2.82 bits per heavy atom. The number of hydrogen-bond acceptors (Lipinski definition) is 4. The number of nitrogens with one attached hydrogen (secondary N) is 1. The van der Waals surface area contributed by atoms with Gasteiger partial charge in [0.1, 0.15) is 12.4 Å². The fraction of sp³-hybridized carbons (Fsp3) is 0.231. The molecule has 0 radical (unpaired) electrons. The molecular formula is C13H15N3O. The van der Waals surface area contributed by atoms with Crippen molar-refractivity contribution in [3.8, 4) is 0 Å². The van der Waals surface area contributed by atoms with E-state index in [0.29, 0.717) is 11.6 Å². The van der Waals surface area contributed by atoms with Gasteiger partial charge in [0, 0.05) is 11.9 Å². The molecular weight excluding hydrogens is 214 g/mol. The number of aliphatic hydroxyl groups is 1. The molecule has 1 heterocycles. The minimum absolute atomic E-state index is 0.150. The van der Waals surface area contributed by atoms with Crippen LogP contribution in [-0.2, 0) is 6.61 Å². The summed E-state index contributed by atoms with van der Waals surface area (Å²) in [5, 5.41) is 12.2. The number of aliphatic hydroxyl groups excluding tert-OH is 1. The maximum atomic E-state index is 8.97. The van der Waals surface area contributed by atoms with Gasteiger partial charge in [0.15, 0.2) is 5.82 Å². The molecule has 4 heteroatoms. The van der Waals surface area contributed by atoms with Gasteiger partial charge in [0.25, 0.3) is 0 Å². The molecule has 0 atom stereocenters. The summed E-state index contributed by atoms with van der Waals surface area (Å²) in [7, 11) is 0. The summed E-state index contributed by atoms with van der Waals surface area (Å²) < 4.78 is 0. The standard InChI is InChI=1S/C13H15N3O/c1-9-4-3-5-11(10(9)2)15-12-6-7-14-13(8-17)16-12/h3-7,17H,8H2,1-2H3,(H,14,15,16). The molecule has 1 aromatic heterocycles. The first-order valence-electron chi connectivity index (χ1n) is 5.46. The summed E-state index contributed by atoms with van der Waals surface area (Å²) in [6.45, 7) is 3.98. The van der Waals surface area contributed by atoms with Crippen molar-refractivity contribution in [1.29, 1.82) is 0 Å². The third kappa shape index (κ3) is 2.60. The lowest BCUT2D eigenvalue weighted by molar-refractivity contribution is 0.271. The molecule has 0 aliphatic rings. The van der Waals surface area contributed by atoms with Crippen LogP contribution in [0.15, 0.2) is 30.5 Å². The Labute approximate surface area is 100 Å². The van der Waals surface area contributed by atoms with E-state index in [1.807, 2.05) is 12.1 Å². The monoisotopic (exact) mass is 229 g/mol. The molecule has 0 amide bonds. The van der Waals surface area contributed by atoms with Gasteiger partial charge in [-0.05, 0) is 37.1 Å². The van der Waals surface area contributed by atoms with Gasteiger partial charge in [-0.15, -0.1) is 0 Å². The van der Waals surface area contributed by atoms with Crippen molar-refractivity contribution in [2.45, 2.75) is 20.5 Å². The lowest BCUT2D eigenvalue weighted by Crippen LogP contribution is -2.00. The van der Waals surface area contributed by atoms with Crippen molar-refractivity contribution in [2.24, 2.45) is 0 Å². The number of anilines is 2. The van der Waals surface area contributed by atoms with Gasteiger partial charge in [-0.3, -0.25) is 0 Å². The summed E-state index contributed by atoms with van der Waals surface area (Å²) in [6, 6.07) is 7.85. The molecule has 17 heavy (non-hydrogen) atoms. The normalized spacial score (nSPS) is 10.3. The Balaban J connectivity index is 2.28. The molecule has 88 valence electrons.